The Morgan fingerprint density at radius 2 is 1.86 bits per heavy atom. The van der Waals surface area contributed by atoms with Crippen LogP contribution in [0.25, 0.3) is 0 Å². The maximum Gasteiger partial charge on any atom is 0.209 e. The van der Waals surface area contributed by atoms with Gasteiger partial charge < -0.3 is 4.74 Å². The molecule has 0 bridgehead atoms. The van der Waals surface area contributed by atoms with Gasteiger partial charge in [0.05, 0.1) is 22.4 Å². The maximum atomic E-state index is 11.3. The molecule has 1 aromatic rings. The molecule has 0 fully saturated rings. The van der Waals surface area contributed by atoms with Crippen molar-refractivity contribution >= 4 is 49.2 Å². The summed E-state index contributed by atoms with van der Waals surface area (Å²) >= 11 is 15.3. The molecule has 21 heavy (non-hydrogen) atoms. The number of benzene rings is 1. The summed E-state index contributed by atoms with van der Waals surface area (Å²) in [5.74, 6) is -0.0159. The summed E-state index contributed by atoms with van der Waals surface area (Å²) in [7, 11) is -3.58. The molecule has 4 nitrogen and oxygen atoms in total. The van der Waals surface area contributed by atoms with Crippen LogP contribution in [0.15, 0.2) is 16.6 Å². The summed E-state index contributed by atoms with van der Waals surface area (Å²) in [5.41, 5.74) is -0.280. The van der Waals surface area contributed by atoms with Gasteiger partial charge in [0.1, 0.15) is 5.75 Å². The van der Waals surface area contributed by atoms with E-state index in [1.807, 2.05) is 20.8 Å². The fourth-order valence-electron chi connectivity index (χ4n) is 1.63. The van der Waals surface area contributed by atoms with E-state index in [0.29, 0.717) is 20.3 Å². The molecule has 1 unspecified atom stereocenters. The van der Waals surface area contributed by atoms with Crippen LogP contribution in [0.2, 0.25) is 10.0 Å². The van der Waals surface area contributed by atoms with Gasteiger partial charge in [-0.1, -0.05) is 44.0 Å². The fourth-order valence-corrected chi connectivity index (χ4v) is 3.64. The summed E-state index contributed by atoms with van der Waals surface area (Å²) in [6.07, 6.45) is 0. The molecule has 0 aromatic heterocycles. The van der Waals surface area contributed by atoms with E-state index in [0.717, 1.165) is 0 Å². The number of ether oxygens (including phenoxy) is 1. The molecule has 8 heteroatoms. The van der Waals surface area contributed by atoms with Crippen LogP contribution in [0.1, 0.15) is 20.8 Å². The molecule has 0 aliphatic rings. The molecule has 0 saturated carbocycles. The van der Waals surface area contributed by atoms with Gasteiger partial charge in [0.2, 0.25) is 10.0 Å². The van der Waals surface area contributed by atoms with E-state index in [4.69, 9.17) is 33.1 Å². The Bertz CT molecular complexity index is 615. The summed E-state index contributed by atoms with van der Waals surface area (Å²) in [4.78, 5) is 0. The lowest BCUT2D eigenvalue weighted by Crippen LogP contribution is -2.35. The molecule has 0 aliphatic carbocycles. The van der Waals surface area contributed by atoms with Gasteiger partial charge in [0.25, 0.3) is 0 Å². The lowest BCUT2D eigenvalue weighted by Gasteiger charge is -2.30. The maximum absolute atomic E-state index is 11.3. The normalized spacial score (nSPS) is 14.0. The molecular weight excluding hydrogens is 401 g/mol. The zero-order chi connectivity index (χ0) is 16.4. The molecule has 0 saturated heterocycles. The standard InChI is InChI=1S/C13H18BrCl2NO3S/c1-13(2,3)8(7-21(17,18)19)6-20-12-5-10(15)9(14)4-11(12)16/h4-5,8H,6-7H2,1-3H3,(H2,17,18,19). The van der Waals surface area contributed by atoms with Gasteiger partial charge in [-0.15, -0.1) is 0 Å². The molecule has 1 atom stereocenters. The SMILES string of the molecule is CC(C)(C)C(COc1cc(Cl)c(Br)cc1Cl)CS(N)(=O)=O. The van der Waals surface area contributed by atoms with E-state index in [1.165, 1.54) is 0 Å². The highest BCUT2D eigenvalue weighted by Crippen LogP contribution is 2.35. The number of hydrogen-bond donors (Lipinski definition) is 1. The van der Waals surface area contributed by atoms with Crippen LogP contribution in [0.5, 0.6) is 5.75 Å². The van der Waals surface area contributed by atoms with E-state index < -0.39 is 10.0 Å². The number of sulfonamides is 1. The highest BCUT2D eigenvalue weighted by molar-refractivity contribution is 9.10. The van der Waals surface area contributed by atoms with Crippen molar-refractivity contribution in [1.82, 2.24) is 0 Å². The number of rotatable bonds is 5. The van der Waals surface area contributed by atoms with Crippen molar-refractivity contribution in [3.63, 3.8) is 0 Å². The first-order valence-corrected chi connectivity index (χ1v) is 9.44. The highest BCUT2D eigenvalue weighted by Gasteiger charge is 2.29. The van der Waals surface area contributed by atoms with Crippen LogP contribution in [0.4, 0.5) is 0 Å². The van der Waals surface area contributed by atoms with Gasteiger partial charge in [-0.2, -0.15) is 0 Å². The third-order valence-corrected chi connectivity index (χ3v) is 5.43. The Hall–Kier alpha value is -0.0100. The second kappa shape index (κ2) is 7.04. The Morgan fingerprint density at radius 3 is 2.33 bits per heavy atom. The van der Waals surface area contributed by atoms with Crippen molar-refractivity contribution in [3.8, 4) is 5.75 Å². The van der Waals surface area contributed by atoms with E-state index in [-0.39, 0.29) is 23.7 Å². The van der Waals surface area contributed by atoms with Gasteiger partial charge in [0, 0.05) is 16.5 Å². The third-order valence-electron chi connectivity index (χ3n) is 3.07. The van der Waals surface area contributed by atoms with Crippen LogP contribution in [0.3, 0.4) is 0 Å². The molecule has 1 rings (SSSR count). The first-order valence-electron chi connectivity index (χ1n) is 6.18. The second-order valence-electron chi connectivity index (χ2n) is 5.90. The van der Waals surface area contributed by atoms with Gasteiger partial charge in [0.15, 0.2) is 0 Å². The molecule has 2 N–H and O–H groups in total. The minimum absolute atomic E-state index is 0.154. The zero-order valence-corrected chi connectivity index (χ0v) is 15.9. The van der Waals surface area contributed by atoms with Gasteiger partial charge in [-0.3, -0.25) is 0 Å². The van der Waals surface area contributed by atoms with Crippen LogP contribution in [-0.4, -0.2) is 20.8 Å². The number of primary sulfonamides is 1. The molecule has 120 valence electrons. The average Bonchev–Trinajstić information content (AvgIpc) is 2.27. The lowest BCUT2D eigenvalue weighted by molar-refractivity contribution is 0.163. The average molecular weight is 419 g/mol. The van der Waals surface area contributed by atoms with Crippen molar-refractivity contribution in [3.05, 3.63) is 26.7 Å². The molecule has 0 radical (unpaired) electrons. The number of nitrogens with two attached hydrogens (primary N) is 1. The van der Waals surface area contributed by atoms with E-state index in [1.54, 1.807) is 12.1 Å². The molecule has 0 amide bonds. The Balaban J connectivity index is 2.90. The van der Waals surface area contributed by atoms with Crippen molar-refractivity contribution in [2.75, 3.05) is 12.4 Å². The topological polar surface area (TPSA) is 69.4 Å². The van der Waals surface area contributed by atoms with Crippen molar-refractivity contribution < 1.29 is 13.2 Å². The summed E-state index contributed by atoms with van der Waals surface area (Å²) < 4.78 is 29.0. The Kier molecular flexibility index (Phi) is 6.39. The Morgan fingerprint density at radius 1 is 1.29 bits per heavy atom. The highest BCUT2D eigenvalue weighted by atomic mass is 79.9. The first kappa shape index (κ1) is 19.0. The number of halogens is 3. The Labute approximate surface area is 144 Å². The third kappa shape index (κ3) is 6.32. The van der Waals surface area contributed by atoms with Crippen LogP contribution in [-0.2, 0) is 10.0 Å². The van der Waals surface area contributed by atoms with Gasteiger partial charge in [-0.25, -0.2) is 13.6 Å². The van der Waals surface area contributed by atoms with Gasteiger partial charge in [-0.05, 0) is 27.4 Å². The van der Waals surface area contributed by atoms with Crippen molar-refractivity contribution in [1.29, 1.82) is 0 Å². The smallest absolute Gasteiger partial charge is 0.209 e. The molecule has 0 heterocycles. The summed E-state index contributed by atoms with van der Waals surface area (Å²) in [5, 5.41) is 6.00. The monoisotopic (exact) mass is 417 g/mol. The lowest BCUT2D eigenvalue weighted by atomic mass is 9.82. The summed E-state index contributed by atoms with van der Waals surface area (Å²) in [6, 6.07) is 3.22. The van der Waals surface area contributed by atoms with E-state index in [9.17, 15) is 8.42 Å². The zero-order valence-electron chi connectivity index (χ0n) is 12.0. The van der Waals surface area contributed by atoms with E-state index in [2.05, 4.69) is 15.9 Å². The minimum Gasteiger partial charge on any atom is -0.492 e. The van der Waals surface area contributed by atoms with Gasteiger partial charge >= 0.3 is 0 Å². The molecule has 0 spiro atoms. The minimum atomic E-state index is -3.58. The first-order chi connectivity index (χ1) is 9.40. The molecule has 1 aromatic carbocycles. The molecular formula is C13H18BrCl2NO3S. The van der Waals surface area contributed by atoms with Crippen LogP contribution >= 0.6 is 39.1 Å². The molecule has 0 aliphatic heterocycles. The van der Waals surface area contributed by atoms with Crippen molar-refractivity contribution in [2.24, 2.45) is 16.5 Å². The van der Waals surface area contributed by atoms with Crippen molar-refractivity contribution in [2.45, 2.75) is 20.8 Å². The predicted octanol–water partition coefficient (Wildman–Crippen LogP) is 4.09. The van der Waals surface area contributed by atoms with Crippen LogP contribution in [0, 0.1) is 11.3 Å². The number of hydrogen-bond acceptors (Lipinski definition) is 3. The van der Waals surface area contributed by atoms with Crippen LogP contribution < -0.4 is 9.88 Å². The predicted molar refractivity (Wildman–Crippen MR) is 90.6 cm³/mol. The second-order valence-corrected chi connectivity index (χ2v) is 9.23. The largest absolute Gasteiger partial charge is 0.492 e. The fraction of sp³-hybridized carbons (Fsp3) is 0.538. The summed E-state index contributed by atoms with van der Waals surface area (Å²) in [6.45, 7) is 5.98. The quantitative estimate of drug-likeness (QED) is 0.732. The van der Waals surface area contributed by atoms with E-state index >= 15 is 0 Å².